The second-order valence-electron chi connectivity index (χ2n) is 6.10. The Kier molecular flexibility index (Phi) is 6.91. The van der Waals surface area contributed by atoms with Crippen molar-refractivity contribution in [2.75, 3.05) is 19.0 Å². The predicted molar refractivity (Wildman–Crippen MR) is 103 cm³/mol. The van der Waals surface area contributed by atoms with Crippen molar-refractivity contribution < 1.29 is 24.0 Å². The minimum Gasteiger partial charge on any atom is -0.490 e. The average molecular weight is 387 g/mol. The Morgan fingerprint density at radius 3 is 2.54 bits per heavy atom. The Morgan fingerprint density at radius 1 is 1.18 bits per heavy atom. The number of anilines is 1. The zero-order chi connectivity index (χ0) is 20.7. The third-order valence-electron chi connectivity index (χ3n) is 3.58. The number of nitrogens with one attached hydrogen (secondary N) is 2. The van der Waals surface area contributed by atoms with Crippen LogP contribution in [0.15, 0.2) is 42.5 Å². The van der Waals surface area contributed by atoms with Crippen LogP contribution in [0.2, 0.25) is 0 Å². The Morgan fingerprint density at radius 2 is 1.89 bits per heavy atom. The van der Waals surface area contributed by atoms with Crippen LogP contribution in [-0.2, 0) is 4.79 Å². The number of methoxy groups -OCH3 is 1. The standard InChI is InChI=1S/C19H21N3O6/c1-12(2)20-19(24)14-6-4-5-7-15(14)21-18(23)11-28-13-8-9-16(22(25)26)17(10-13)27-3/h4-10,12H,11H2,1-3H3,(H,20,24)(H,21,23). The molecule has 0 aliphatic heterocycles. The molecule has 0 spiro atoms. The Balaban J connectivity index is 2.04. The van der Waals surface area contributed by atoms with Gasteiger partial charge in [-0.25, -0.2) is 0 Å². The van der Waals surface area contributed by atoms with E-state index in [4.69, 9.17) is 9.47 Å². The number of nitrogens with zero attached hydrogens (tertiary/aromatic N) is 1. The van der Waals surface area contributed by atoms with E-state index in [2.05, 4.69) is 10.6 Å². The van der Waals surface area contributed by atoms with Crippen molar-refractivity contribution in [1.82, 2.24) is 5.32 Å². The molecule has 9 heteroatoms. The van der Waals surface area contributed by atoms with E-state index in [9.17, 15) is 19.7 Å². The van der Waals surface area contributed by atoms with Gasteiger partial charge >= 0.3 is 5.69 Å². The quantitative estimate of drug-likeness (QED) is 0.531. The first-order valence-corrected chi connectivity index (χ1v) is 8.46. The molecule has 2 aromatic carbocycles. The minimum atomic E-state index is -0.575. The molecule has 0 aliphatic carbocycles. The third kappa shape index (κ3) is 5.44. The molecule has 0 radical (unpaired) electrons. The highest BCUT2D eigenvalue weighted by atomic mass is 16.6. The molecule has 2 N–H and O–H groups in total. The number of rotatable bonds is 8. The summed E-state index contributed by atoms with van der Waals surface area (Å²) in [4.78, 5) is 34.8. The number of nitro groups is 1. The smallest absolute Gasteiger partial charge is 0.311 e. The van der Waals surface area contributed by atoms with Crippen LogP contribution in [0.1, 0.15) is 24.2 Å². The summed E-state index contributed by atoms with van der Waals surface area (Å²) in [7, 11) is 1.30. The molecule has 0 aromatic heterocycles. The normalized spacial score (nSPS) is 10.3. The fourth-order valence-electron chi connectivity index (χ4n) is 2.36. The topological polar surface area (TPSA) is 120 Å². The van der Waals surface area contributed by atoms with Gasteiger partial charge in [-0.05, 0) is 32.0 Å². The van der Waals surface area contributed by atoms with Gasteiger partial charge < -0.3 is 20.1 Å². The second-order valence-corrected chi connectivity index (χ2v) is 6.10. The van der Waals surface area contributed by atoms with Gasteiger partial charge in [0, 0.05) is 18.2 Å². The fraction of sp³-hybridized carbons (Fsp3) is 0.263. The van der Waals surface area contributed by atoms with Gasteiger partial charge in [0.15, 0.2) is 6.61 Å². The molecule has 148 valence electrons. The molecule has 9 nitrogen and oxygen atoms in total. The Bertz CT molecular complexity index is 882. The van der Waals surface area contributed by atoms with Gasteiger partial charge in [0.25, 0.3) is 11.8 Å². The van der Waals surface area contributed by atoms with E-state index in [-0.39, 0.29) is 35.7 Å². The van der Waals surface area contributed by atoms with Crippen molar-refractivity contribution in [1.29, 1.82) is 0 Å². The molecule has 0 heterocycles. The number of hydrogen-bond donors (Lipinski definition) is 2. The highest BCUT2D eigenvalue weighted by molar-refractivity contribution is 6.04. The van der Waals surface area contributed by atoms with E-state index in [0.717, 1.165) is 0 Å². The molecule has 28 heavy (non-hydrogen) atoms. The van der Waals surface area contributed by atoms with Crippen molar-refractivity contribution in [3.63, 3.8) is 0 Å². The first-order valence-electron chi connectivity index (χ1n) is 8.46. The molecular formula is C19H21N3O6. The van der Waals surface area contributed by atoms with Gasteiger partial charge in [-0.3, -0.25) is 19.7 Å². The van der Waals surface area contributed by atoms with Crippen LogP contribution >= 0.6 is 0 Å². The molecule has 0 bridgehead atoms. The summed E-state index contributed by atoms with van der Waals surface area (Å²) in [6.07, 6.45) is 0. The van der Waals surface area contributed by atoms with Gasteiger partial charge in [-0.1, -0.05) is 12.1 Å². The number of benzene rings is 2. The van der Waals surface area contributed by atoms with Gasteiger partial charge in [-0.15, -0.1) is 0 Å². The van der Waals surface area contributed by atoms with E-state index in [1.165, 1.54) is 25.3 Å². The highest BCUT2D eigenvalue weighted by Gasteiger charge is 2.17. The summed E-state index contributed by atoms with van der Waals surface area (Å²) < 4.78 is 10.3. The second kappa shape index (κ2) is 9.36. The number of carbonyl (C=O) groups is 2. The van der Waals surface area contributed by atoms with Crippen LogP contribution in [-0.4, -0.2) is 36.5 Å². The van der Waals surface area contributed by atoms with E-state index >= 15 is 0 Å². The van der Waals surface area contributed by atoms with Crippen LogP contribution in [0.4, 0.5) is 11.4 Å². The predicted octanol–water partition coefficient (Wildman–Crippen LogP) is 2.76. The summed E-state index contributed by atoms with van der Waals surface area (Å²) in [6, 6.07) is 10.5. The largest absolute Gasteiger partial charge is 0.490 e. The maximum Gasteiger partial charge on any atom is 0.311 e. The number of para-hydroxylation sites is 1. The SMILES string of the molecule is COc1cc(OCC(=O)Nc2ccccc2C(=O)NC(C)C)ccc1[N+](=O)[O-]. The summed E-state index contributed by atoms with van der Waals surface area (Å²) in [5.41, 5.74) is 0.487. The lowest BCUT2D eigenvalue weighted by atomic mass is 10.1. The molecule has 2 rings (SSSR count). The molecule has 0 fully saturated rings. The highest BCUT2D eigenvalue weighted by Crippen LogP contribution is 2.30. The van der Waals surface area contributed by atoms with Gasteiger partial charge in [0.05, 0.1) is 23.3 Å². The molecule has 0 saturated carbocycles. The molecule has 2 amide bonds. The number of amides is 2. The first-order chi connectivity index (χ1) is 13.3. The van der Waals surface area contributed by atoms with Crippen LogP contribution in [0.5, 0.6) is 11.5 Å². The summed E-state index contributed by atoms with van der Waals surface area (Å²) in [6.45, 7) is 3.33. The molecule has 2 aromatic rings. The van der Waals surface area contributed by atoms with Crippen LogP contribution in [0.3, 0.4) is 0 Å². The number of ether oxygens (including phenoxy) is 2. The van der Waals surface area contributed by atoms with Crippen molar-refractivity contribution in [3.8, 4) is 11.5 Å². The summed E-state index contributed by atoms with van der Waals surface area (Å²) >= 11 is 0. The van der Waals surface area contributed by atoms with E-state index < -0.39 is 10.8 Å². The lowest BCUT2D eigenvalue weighted by Gasteiger charge is -2.13. The maximum atomic E-state index is 12.2. The summed E-state index contributed by atoms with van der Waals surface area (Å²) in [5, 5.41) is 16.3. The van der Waals surface area contributed by atoms with E-state index in [0.29, 0.717) is 11.3 Å². The zero-order valence-corrected chi connectivity index (χ0v) is 15.7. The first kappa shape index (κ1) is 20.7. The van der Waals surface area contributed by atoms with Gasteiger partial charge in [0.2, 0.25) is 5.75 Å². The number of carbonyl (C=O) groups excluding carboxylic acids is 2. The average Bonchev–Trinajstić information content (AvgIpc) is 2.65. The maximum absolute atomic E-state index is 12.2. The fourth-order valence-corrected chi connectivity index (χ4v) is 2.36. The molecule has 0 saturated heterocycles. The van der Waals surface area contributed by atoms with Crippen LogP contribution < -0.4 is 20.1 Å². The van der Waals surface area contributed by atoms with Crippen LogP contribution in [0, 0.1) is 10.1 Å². The molecule has 0 unspecified atom stereocenters. The monoisotopic (exact) mass is 387 g/mol. The van der Waals surface area contributed by atoms with Gasteiger partial charge in [0.1, 0.15) is 5.75 Å². The van der Waals surface area contributed by atoms with Crippen LogP contribution in [0.25, 0.3) is 0 Å². The van der Waals surface area contributed by atoms with E-state index in [1.807, 2.05) is 13.8 Å². The van der Waals surface area contributed by atoms with E-state index in [1.54, 1.807) is 24.3 Å². The Hall–Kier alpha value is -3.62. The lowest BCUT2D eigenvalue weighted by molar-refractivity contribution is -0.385. The third-order valence-corrected chi connectivity index (χ3v) is 3.58. The van der Waals surface area contributed by atoms with Crippen molar-refractivity contribution in [2.45, 2.75) is 19.9 Å². The van der Waals surface area contributed by atoms with Crippen molar-refractivity contribution in [2.24, 2.45) is 0 Å². The zero-order valence-electron chi connectivity index (χ0n) is 15.7. The molecule has 0 atom stereocenters. The minimum absolute atomic E-state index is 0.0265. The molecular weight excluding hydrogens is 366 g/mol. The van der Waals surface area contributed by atoms with Crippen molar-refractivity contribution in [3.05, 3.63) is 58.1 Å². The molecule has 0 aliphatic rings. The Labute approximate surface area is 161 Å². The number of nitro benzene ring substituents is 1. The number of hydrogen-bond acceptors (Lipinski definition) is 6. The van der Waals surface area contributed by atoms with Crippen molar-refractivity contribution >= 4 is 23.2 Å². The lowest BCUT2D eigenvalue weighted by Crippen LogP contribution is -2.31. The van der Waals surface area contributed by atoms with Gasteiger partial charge in [-0.2, -0.15) is 0 Å². The summed E-state index contributed by atoms with van der Waals surface area (Å²) in [5.74, 6) is -0.518.